The van der Waals surface area contributed by atoms with Gasteiger partial charge in [-0.1, -0.05) is 13.8 Å². The van der Waals surface area contributed by atoms with E-state index in [0.717, 1.165) is 0 Å². The van der Waals surface area contributed by atoms with Gasteiger partial charge < -0.3 is 15.0 Å². The third-order valence-corrected chi connectivity index (χ3v) is 1.82. The maximum absolute atomic E-state index is 11.8. The summed E-state index contributed by atoms with van der Waals surface area (Å²) in [6.07, 6.45) is -5.54. The molecule has 17 heavy (non-hydrogen) atoms. The molecule has 0 rings (SSSR count). The lowest BCUT2D eigenvalue weighted by molar-refractivity contribution is -0.160. The van der Waals surface area contributed by atoms with Crippen molar-refractivity contribution in [2.75, 3.05) is 33.8 Å². The second-order valence-electron chi connectivity index (χ2n) is 4.95. The van der Waals surface area contributed by atoms with Crippen LogP contribution in [0.4, 0.5) is 18.0 Å². The Kier molecular flexibility index (Phi) is 5.74. The fourth-order valence-corrected chi connectivity index (χ4v) is 1.42. The summed E-state index contributed by atoms with van der Waals surface area (Å²) in [5.41, 5.74) is -0.235. The van der Waals surface area contributed by atoms with Crippen molar-refractivity contribution >= 4 is 6.09 Å². The first kappa shape index (κ1) is 16.0. The second-order valence-corrected chi connectivity index (χ2v) is 4.95. The van der Waals surface area contributed by atoms with Crippen molar-refractivity contribution in [3.05, 3.63) is 0 Å². The molecule has 0 fully saturated rings. The number of ether oxygens (including phenoxy) is 1. The quantitative estimate of drug-likeness (QED) is 0.816. The topological polar surface area (TPSA) is 41.6 Å². The van der Waals surface area contributed by atoms with Crippen molar-refractivity contribution in [1.29, 1.82) is 0 Å². The molecule has 0 aliphatic heterocycles. The van der Waals surface area contributed by atoms with E-state index < -0.39 is 18.9 Å². The van der Waals surface area contributed by atoms with Gasteiger partial charge in [-0.05, 0) is 19.5 Å². The Morgan fingerprint density at radius 2 is 1.82 bits per heavy atom. The van der Waals surface area contributed by atoms with Gasteiger partial charge in [0.05, 0.1) is 0 Å². The summed E-state index contributed by atoms with van der Waals surface area (Å²) in [5.74, 6) is 0. The van der Waals surface area contributed by atoms with Gasteiger partial charge in [0.1, 0.15) is 0 Å². The molecule has 4 nitrogen and oxygen atoms in total. The van der Waals surface area contributed by atoms with Crippen LogP contribution in [-0.4, -0.2) is 51.0 Å². The molecule has 0 aromatic rings. The van der Waals surface area contributed by atoms with E-state index in [1.807, 2.05) is 32.8 Å². The highest BCUT2D eigenvalue weighted by Crippen LogP contribution is 2.16. The SMILES string of the molecule is CN(C)CC(C)(C)CNC(=O)OCC(F)(F)F. The fourth-order valence-electron chi connectivity index (χ4n) is 1.42. The number of rotatable bonds is 5. The molecule has 0 unspecified atom stereocenters. The number of hydrogen-bond acceptors (Lipinski definition) is 3. The molecule has 0 radical (unpaired) electrons. The summed E-state index contributed by atoms with van der Waals surface area (Å²) in [4.78, 5) is 12.9. The number of alkyl halides is 3. The predicted molar refractivity (Wildman–Crippen MR) is 57.7 cm³/mol. The summed E-state index contributed by atoms with van der Waals surface area (Å²) in [5, 5.41) is 2.31. The molecular weight excluding hydrogens is 237 g/mol. The Labute approximate surface area is 99.1 Å². The Bertz CT molecular complexity index is 252. The van der Waals surface area contributed by atoms with Crippen LogP contribution in [0, 0.1) is 5.41 Å². The second kappa shape index (κ2) is 6.09. The van der Waals surface area contributed by atoms with Crippen LogP contribution < -0.4 is 5.32 Å². The number of carbonyl (C=O) groups excluding carboxylic acids is 1. The van der Waals surface area contributed by atoms with Gasteiger partial charge >= 0.3 is 12.3 Å². The molecule has 0 aliphatic carbocycles. The summed E-state index contributed by atoms with van der Waals surface area (Å²) in [6.45, 7) is 3.19. The zero-order valence-electron chi connectivity index (χ0n) is 10.5. The molecule has 0 heterocycles. The van der Waals surface area contributed by atoms with Crippen LogP contribution in [-0.2, 0) is 4.74 Å². The van der Waals surface area contributed by atoms with E-state index in [-0.39, 0.29) is 12.0 Å². The first-order valence-corrected chi connectivity index (χ1v) is 5.14. The van der Waals surface area contributed by atoms with Gasteiger partial charge in [-0.3, -0.25) is 0 Å². The van der Waals surface area contributed by atoms with Crippen LogP contribution >= 0.6 is 0 Å². The Morgan fingerprint density at radius 1 is 1.29 bits per heavy atom. The molecule has 0 spiro atoms. The van der Waals surface area contributed by atoms with Crippen LogP contribution in [0.2, 0.25) is 0 Å². The van der Waals surface area contributed by atoms with Crippen molar-refractivity contribution in [2.45, 2.75) is 20.0 Å². The molecule has 7 heteroatoms. The molecule has 0 saturated carbocycles. The lowest BCUT2D eigenvalue weighted by atomic mass is 9.93. The van der Waals surface area contributed by atoms with E-state index in [9.17, 15) is 18.0 Å². The molecule has 0 bridgehead atoms. The van der Waals surface area contributed by atoms with Crippen LogP contribution in [0.3, 0.4) is 0 Å². The highest BCUT2D eigenvalue weighted by atomic mass is 19.4. The van der Waals surface area contributed by atoms with E-state index >= 15 is 0 Å². The van der Waals surface area contributed by atoms with E-state index in [1.54, 1.807) is 0 Å². The van der Waals surface area contributed by atoms with Crippen LogP contribution in [0.1, 0.15) is 13.8 Å². The maximum atomic E-state index is 11.8. The monoisotopic (exact) mass is 256 g/mol. The Balaban J connectivity index is 3.91. The molecule has 0 atom stereocenters. The van der Waals surface area contributed by atoms with Gasteiger partial charge in [-0.25, -0.2) is 4.79 Å². The summed E-state index contributed by atoms with van der Waals surface area (Å²) < 4.78 is 39.3. The highest BCUT2D eigenvalue weighted by Gasteiger charge is 2.30. The number of amides is 1. The number of halogens is 3. The van der Waals surface area contributed by atoms with Gasteiger partial charge in [0.25, 0.3) is 0 Å². The van der Waals surface area contributed by atoms with Gasteiger partial charge in [-0.2, -0.15) is 13.2 Å². The fraction of sp³-hybridized carbons (Fsp3) is 0.900. The minimum Gasteiger partial charge on any atom is -0.440 e. The zero-order chi connectivity index (χ0) is 13.7. The van der Waals surface area contributed by atoms with Gasteiger partial charge in [0.2, 0.25) is 0 Å². The molecule has 1 amide bonds. The lowest BCUT2D eigenvalue weighted by Gasteiger charge is -2.28. The van der Waals surface area contributed by atoms with Crippen molar-refractivity contribution in [1.82, 2.24) is 10.2 Å². The third kappa shape index (κ3) is 9.92. The number of nitrogens with zero attached hydrogens (tertiary/aromatic N) is 1. The normalized spacial score (nSPS) is 12.7. The number of carbonyl (C=O) groups is 1. The van der Waals surface area contributed by atoms with E-state index in [0.29, 0.717) is 6.54 Å². The van der Waals surface area contributed by atoms with Crippen molar-refractivity contribution in [2.24, 2.45) is 5.41 Å². The molecule has 0 saturated heterocycles. The summed E-state index contributed by atoms with van der Waals surface area (Å²) in [6, 6.07) is 0. The summed E-state index contributed by atoms with van der Waals surface area (Å²) in [7, 11) is 3.76. The minimum atomic E-state index is -4.49. The number of hydrogen-bond donors (Lipinski definition) is 1. The molecule has 0 aromatic heterocycles. The standard InChI is InChI=1S/C10H19F3N2O2/c1-9(2,6-15(3)4)5-14-8(16)17-7-10(11,12)13/h5-7H2,1-4H3,(H,14,16). The van der Waals surface area contributed by atoms with Gasteiger partial charge in [0, 0.05) is 13.1 Å². The van der Waals surface area contributed by atoms with Gasteiger partial charge in [0.15, 0.2) is 6.61 Å². The Morgan fingerprint density at radius 3 is 2.24 bits per heavy atom. The summed E-state index contributed by atoms with van der Waals surface area (Å²) >= 11 is 0. The maximum Gasteiger partial charge on any atom is 0.422 e. The lowest BCUT2D eigenvalue weighted by Crippen LogP contribution is -2.40. The zero-order valence-corrected chi connectivity index (χ0v) is 10.5. The predicted octanol–water partition coefficient (Wildman–Crippen LogP) is 1.86. The minimum absolute atomic E-state index is 0.235. The average Bonchev–Trinajstić information content (AvgIpc) is 2.08. The number of alkyl carbamates (subject to hydrolysis) is 1. The first-order valence-electron chi connectivity index (χ1n) is 5.14. The van der Waals surface area contributed by atoms with E-state index in [1.165, 1.54) is 0 Å². The van der Waals surface area contributed by atoms with Gasteiger partial charge in [-0.15, -0.1) is 0 Å². The third-order valence-electron chi connectivity index (χ3n) is 1.82. The van der Waals surface area contributed by atoms with Crippen LogP contribution in [0.5, 0.6) is 0 Å². The van der Waals surface area contributed by atoms with Crippen LogP contribution in [0.15, 0.2) is 0 Å². The largest absolute Gasteiger partial charge is 0.440 e. The van der Waals surface area contributed by atoms with Crippen LogP contribution in [0.25, 0.3) is 0 Å². The van der Waals surface area contributed by atoms with Crippen molar-refractivity contribution in [3.8, 4) is 0 Å². The number of nitrogens with one attached hydrogen (secondary N) is 1. The smallest absolute Gasteiger partial charge is 0.422 e. The molecule has 0 aromatic carbocycles. The Hall–Kier alpha value is -0.980. The molecular formula is C10H19F3N2O2. The van der Waals surface area contributed by atoms with Crippen molar-refractivity contribution < 1.29 is 22.7 Å². The highest BCUT2D eigenvalue weighted by molar-refractivity contribution is 5.67. The molecule has 102 valence electrons. The molecule has 1 N–H and O–H groups in total. The van der Waals surface area contributed by atoms with E-state index in [4.69, 9.17) is 0 Å². The average molecular weight is 256 g/mol. The van der Waals surface area contributed by atoms with E-state index in [2.05, 4.69) is 10.1 Å². The molecule has 0 aliphatic rings. The first-order chi connectivity index (χ1) is 7.52. The van der Waals surface area contributed by atoms with Crippen molar-refractivity contribution in [3.63, 3.8) is 0 Å².